The van der Waals surface area contributed by atoms with Crippen LogP contribution in [0.2, 0.25) is 0 Å². The molecule has 1 saturated heterocycles. The van der Waals surface area contributed by atoms with Crippen molar-refractivity contribution in [3.8, 4) is 0 Å². The zero-order valence-corrected chi connectivity index (χ0v) is 8.28. The maximum atomic E-state index is 4.41. The quantitative estimate of drug-likeness (QED) is 0.566. The average Bonchev–Trinajstić information content (AvgIpc) is 1.83. The molecule has 0 radical (unpaired) electrons. The maximum Gasteiger partial charge on any atom is 0.129 e. The standard InChI is InChI=1S/C8H9IN2/c9-7-3-1-4-8(10-7)11-5-2-6-11/h1,3-4H,2,5-6H2. The topological polar surface area (TPSA) is 16.1 Å². The van der Waals surface area contributed by atoms with E-state index in [-0.39, 0.29) is 0 Å². The molecule has 1 aromatic rings. The van der Waals surface area contributed by atoms with Crippen molar-refractivity contribution < 1.29 is 0 Å². The highest BCUT2D eigenvalue weighted by molar-refractivity contribution is 14.1. The third-order valence-corrected chi connectivity index (χ3v) is 2.48. The number of pyridine rings is 1. The normalized spacial score (nSPS) is 16.3. The van der Waals surface area contributed by atoms with Crippen LogP contribution in [-0.4, -0.2) is 18.1 Å². The van der Waals surface area contributed by atoms with Gasteiger partial charge in [0.2, 0.25) is 0 Å². The van der Waals surface area contributed by atoms with Gasteiger partial charge >= 0.3 is 0 Å². The van der Waals surface area contributed by atoms with Crippen LogP contribution in [-0.2, 0) is 0 Å². The van der Waals surface area contributed by atoms with Crippen molar-refractivity contribution in [2.75, 3.05) is 18.0 Å². The van der Waals surface area contributed by atoms with Crippen LogP contribution in [0, 0.1) is 3.70 Å². The van der Waals surface area contributed by atoms with E-state index < -0.39 is 0 Å². The van der Waals surface area contributed by atoms with Gasteiger partial charge in [0.1, 0.15) is 9.52 Å². The Morgan fingerprint density at radius 2 is 2.18 bits per heavy atom. The largest absolute Gasteiger partial charge is 0.356 e. The molecule has 0 amide bonds. The van der Waals surface area contributed by atoms with Gasteiger partial charge in [0.15, 0.2) is 0 Å². The summed E-state index contributed by atoms with van der Waals surface area (Å²) >= 11 is 2.24. The minimum absolute atomic E-state index is 1.08. The average molecular weight is 260 g/mol. The Balaban J connectivity index is 2.23. The first kappa shape index (κ1) is 7.34. The summed E-state index contributed by atoms with van der Waals surface area (Å²) in [7, 11) is 0. The maximum absolute atomic E-state index is 4.41. The SMILES string of the molecule is Ic1cccc(N2CCC2)n1. The molecule has 1 aliphatic rings. The van der Waals surface area contributed by atoms with Crippen molar-refractivity contribution in [3.05, 3.63) is 21.9 Å². The number of nitrogens with zero attached hydrogens (tertiary/aromatic N) is 2. The van der Waals surface area contributed by atoms with Crippen molar-refractivity contribution in [3.63, 3.8) is 0 Å². The second-order valence-corrected chi connectivity index (χ2v) is 3.76. The van der Waals surface area contributed by atoms with Gasteiger partial charge in [-0.15, -0.1) is 0 Å². The second kappa shape index (κ2) is 2.97. The molecule has 0 N–H and O–H groups in total. The predicted octanol–water partition coefficient (Wildman–Crippen LogP) is 1.90. The first-order chi connectivity index (χ1) is 5.36. The summed E-state index contributed by atoms with van der Waals surface area (Å²) in [4.78, 5) is 6.70. The molecule has 1 aromatic heterocycles. The van der Waals surface area contributed by atoms with E-state index in [2.05, 4.69) is 44.6 Å². The third kappa shape index (κ3) is 1.47. The molecule has 0 atom stereocenters. The first-order valence-corrected chi connectivity index (χ1v) is 4.82. The molecule has 0 unspecified atom stereocenters. The molecule has 2 rings (SSSR count). The Kier molecular flexibility index (Phi) is 1.98. The number of hydrogen-bond donors (Lipinski definition) is 0. The summed E-state index contributed by atoms with van der Waals surface area (Å²) < 4.78 is 1.08. The van der Waals surface area contributed by atoms with Crippen LogP contribution in [0.15, 0.2) is 18.2 Å². The molecular formula is C8H9IN2. The Morgan fingerprint density at radius 1 is 1.36 bits per heavy atom. The van der Waals surface area contributed by atoms with E-state index in [1.807, 2.05) is 6.07 Å². The van der Waals surface area contributed by atoms with Crippen molar-refractivity contribution in [1.29, 1.82) is 0 Å². The van der Waals surface area contributed by atoms with Gasteiger partial charge in [-0.25, -0.2) is 4.98 Å². The fourth-order valence-electron chi connectivity index (χ4n) is 1.12. The van der Waals surface area contributed by atoms with Crippen molar-refractivity contribution in [2.24, 2.45) is 0 Å². The fraction of sp³-hybridized carbons (Fsp3) is 0.375. The number of rotatable bonds is 1. The molecule has 3 heteroatoms. The summed E-state index contributed by atoms with van der Waals surface area (Å²) in [5, 5.41) is 0. The number of aromatic nitrogens is 1. The van der Waals surface area contributed by atoms with Gasteiger partial charge in [0.05, 0.1) is 0 Å². The van der Waals surface area contributed by atoms with Crippen molar-refractivity contribution in [1.82, 2.24) is 4.98 Å². The Hall–Kier alpha value is -0.320. The van der Waals surface area contributed by atoms with Gasteiger partial charge in [-0.05, 0) is 41.1 Å². The van der Waals surface area contributed by atoms with E-state index in [4.69, 9.17) is 0 Å². The lowest BCUT2D eigenvalue weighted by molar-refractivity contribution is 0.609. The second-order valence-electron chi connectivity index (χ2n) is 2.66. The van der Waals surface area contributed by atoms with E-state index in [9.17, 15) is 0 Å². The highest BCUT2D eigenvalue weighted by Crippen LogP contribution is 2.18. The summed E-state index contributed by atoms with van der Waals surface area (Å²) in [5.74, 6) is 1.13. The fourth-order valence-corrected chi connectivity index (χ4v) is 1.57. The lowest BCUT2D eigenvalue weighted by Gasteiger charge is -2.31. The van der Waals surface area contributed by atoms with Crippen LogP contribution in [0.3, 0.4) is 0 Å². The molecule has 0 aromatic carbocycles. The number of hydrogen-bond acceptors (Lipinski definition) is 2. The van der Waals surface area contributed by atoms with Gasteiger partial charge in [-0.2, -0.15) is 0 Å². The van der Waals surface area contributed by atoms with Crippen LogP contribution in [0.1, 0.15) is 6.42 Å². The first-order valence-electron chi connectivity index (χ1n) is 3.74. The van der Waals surface area contributed by atoms with Crippen LogP contribution >= 0.6 is 22.6 Å². The van der Waals surface area contributed by atoms with Crippen molar-refractivity contribution in [2.45, 2.75) is 6.42 Å². The van der Waals surface area contributed by atoms with E-state index in [1.54, 1.807) is 0 Å². The Morgan fingerprint density at radius 3 is 2.73 bits per heavy atom. The molecule has 2 nitrogen and oxygen atoms in total. The Bertz CT molecular complexity index is 258. The zero-order valence-electron chi connectivity index (χ0n) is 6.13. The highest BCUT2D eigenvalue weighted by atomic mass is 127. The summed E-state index contributed by atoms with van der Waals surface area (Å²) in [6.45, 7) is 2.35. The van der Waals surface area contributed by atoms with Gasteiger partial charge < -0.3 is 4.90 Å². The summed E-state index contributed by atoms with van der Waals surface area (Å²) in [5.41, 5.74) is 0. The monoisotopic (exact) mass is 260 g/mol. The molecule has 11 heavy (non-hydrogen) atoms. The summed E-state index contributed by atoms with van der Waals surface area (Å²) in [6.07, 6.45) is 1.31. The molecule has 0 aliphatic carbocycles. The van der Waals surface area contributed by atoms with E-state index in [0.717, 1.165) is 9.52 Å². The van der Waals surface area contributed by atoms with Crippen molar-refractivity contribution >= 4 is 28.4 Å². The third-order valence-electron chi connectivity index (χ3n) is 1.88. The molecule has 0 bridgehead atoms. The lowest BCUT2D eigenvalue weighted by Crippen LogP contribution is -2.37. The zero-order chi connectivity index (χ0) is 7.68. The van der Waals surface area contributed by atoms with E-state index in [1.165, 1.54) is 19.5 Å². The molecule has 0 spiro atoms. The molecule has 58 valence electrons. The van der Waals surface area contributed by atoms with Crippen LogP contribution < -0.4 is 4.90 Å². The molecule has 2 heterocycles. The molecule has 1 aliphatic heterocycles. The van der Waals surface area contributed by atoms with Crippen LogP contribution in [0.4, 0.5) is 5.82 Å². The number of anilines is 1. The number of halogens is 1. The minimum Gasteiger partial charge on any atom is -0.356 e. The lowest BCUT2D eigenvalue weighted by atomic mass is 10.2. The van der Waals surface area contributed by atoms with Crippen LogP contribution in [0.5, 0.6) is 0 Å². The van der Waals surface area contributed by atoms with Gasteiger partial charge in [0.25, 0.3) is 0 Å². The Labute approximate surface area is 79.8 Å². The predicted molar refractivity (Wildman–Crippen MR) is 53.8 cm³/mol. The van der Waals surface area contributed by atoms with Gasteiger partial charge in [-0.3, -0.25) is 0 Å². The highest BCUT2D eigenvalue weighted by Gasteiger charge is 2.14. The summed E-state index contributed by atoms with van der Waals surface area (Å²) in [6, 6.07) is 6.15. The van der Waals surface area contributed by atoms with Gasteiger partial charge in [-0.1, -0.05) is 6.07 Å². The van der Waals surface area contributed by atoms with E-state index in [0.29, 0.717) is 0 Å². The van der Waals surface area contributed by atoms with E-state index >= 15 is 0 Å². The minimum atomic E-state index is 1.08. The van der Waals surface area contributed by atoms with Crippen LogP contribution in [0.25, 0.3) is 0 Å². The molecule has 0 saturated carbocycles. The molecular weight excluding hydrogens is 251 g/mol. The van der Waals surface area contributed by atoms with Gasteiger partial charge in [0, 0.05) is 13.1 Å². The molecule has 1 fully saturated rings. The smallest absolute Gasteiger partial charge is 0.129 e.